The molecule has 0 aromatic carbocycles. The third-order valence-electron chi connectivity index (χ3n) is 2.63. The summed E-state index contributed by atoms with van der Waals surface area (Å²) >= 11 is 18.1. The Hall–Kier alpha value is -0.560. The van der Waals surface area contributed by atoms with Gasteiger partial charge in [-0.3, -0.25) is 9.69 Å². The summed E-state index contributed by atoms with van der Waals surface area (Å²) < 4.78 is 5.53. The summed E-state index contributed by atoms with van der Waals surface area (Å²) in [6.45, 7) is 4.95. The normalized spacial score (nSPS) is 10.4. The summed E-state index contributed by atoms with van der Waals surface area (Å²) in [5, 5.41) is 0.705. The molecule has 0 spiro atoms. The Morgan fingerprint density at radius 2 is 2.14 bits per heavy atom. The molecule has 0 aliphatic carbocycles. The number of carbonyl (C=O) groups excluding carboxylic acids is 1. The lowest BCUT2D eigenvalue weighted by atomic mass is 10.3. The molecule has 0 radical (unpaired) electrons. The SMILES string of the molecule is CCCCN(C(=O)CSC(=S)OCC)c1cc(Cl)cc(Cl)n1. The molecule has 122 valence electrons. The zero-order valence-electron chi connectivity index (χ0n) is 12.5. The summed E-state index contributed by atoms with van der Waals surface area (Å²) in [6.07, 6.45) is 1.82. The smallest absolute Gasteiger partial charge is 0.238 e. The Morgan fingerprint density at radius 1 is 1.41 bits per heavy atom. The van der Waals surface area contributed by atoms with Crippen LogP contribution in [0.25, 0.3) is 0 Å². The van der Waals surface area contributed by atoms with Crippen LogP contribution >= 0.6 is 47.2 Å². The van der Waals surface area contributed by atoms with Crippen LogP contribution in [-0.2, 0) is 9.53 Å². The van der Waals surface area contributed by atoms with Crippen molar-refractivity contribution in [1.29, 1.82) is 0 Å². The molecule has 1 aromatic rings. The van der Waals surface area contributed by atoms with E-state index in [4.69, 9.17) is 40.2 Å². The van der Waals surface area contributed by atoms with Gasteiger partial charge in [-0.15, -0.1) is 0 Å². The number of amides is 1. The van der Waals surface area contributed by atoms with Crippen molar-refractivity contribution in [3.8, 4) is 0 Å². The number of halogens is 2. The maximum Gasteiger partial charge on any atom is 0.238 e. The lowest BCUT2D eigenvalue weighted by Crippen LogP contribution is -2.34. The van der Waals surface area contributed by atoms with Gasteiger partial charge in [0.05, 0.1) is 12.4 Å². The highest BCUT2D eigenvalue weighted by molar-refractivity contribution is 8.23. The third kappa shape index (κ3) is 6.69. The van der Waals surface area contributed by atoms with Crippen molar-refractivity contribution < 1.29 is 9.53 Å². The number of ether oxygens (including phenoxy) is 1. The van der Waals surface area contributed by atoms with Gasteiger partial charge in [0.25, 0.3) is 0 Å². The van der Waals surface area contributed by atoms with Gasteiger partial charge in [0.1, 0.15) is 11.0 Å². The van der Waals surface area contributed by atoms with Crippen LogP contribution in [0.3, 0.4) is 0 Å². The molecule has 0 fully saturated rings. The van der Waals surface area contributed by atoms with Crippen LogP contribution < -0.4 is 4.90 Å². The molecule has 0 atom stereocenters. The number of pyridine rings is 1. The van der Waals surface area contributed by atoms with E-state index in [-0.39, 0.29) is 16.8 Å². The van der Waals surface area contributed by atoms with E-state index in [9.17, 15) is 4.79 Å². The zero-order chi connectivity index (χ0) is 16.5. The average molecular weight is 381 g/mol. The van der Waals surface area contributed by atoms with Crippen LogP contribution in [0.5, 0.6) is 0 Å². The summed E-state index contributed by atoms with van der Waals surface area (Å²) in [4.78, 5) is 18.2. The van der Waals surface area contributed by atoms with Crippen LogP contribution in [0.1, 0.15) is 26.7 Å². The Kier molecular flexibility index (Phi) is 9.09. The largest absolute Gasteiger partial charge is 0.479 e. The zero-order valence-corrected chi connectivity index (χ0v) is 15.6. The molecule has 8 heteroatoms. The fourth-order valence-corrected chi connectivity index (χ4v) is 2.99. The Morgan fingerprint density at radius 3 is 2.73 bits per heavy atom. The number of aromatic nitrogens is 1. The van der Waals surface area contributed by atoms with Gasteiger partial charge in [-0.05, 0) is 37.7 Å². The lowest BCUT2D eigenvalue weighted by molar-refractivity contribution is -0.116. The Labute approximate surface area is 150 Å². The van der Waals surface area contributed by atoms with Crippen molar-refractivity contribution in [1.82, 2.24) is 4.98 Å². The summed E-state index contributed by atoms with van der Waals surface area (Å²) in [5.41, 5.74) is 0. The second-order valence-corrected chi connectivity index (χ2v) is 6.74. The van der Waals surface area contributed by atoms with Crippen LogP contribution in [-0.4, -0.2) is 34.2 Å². The molecule has 0 unspecified atom stereocenters. The van der Waals surface area contributed by atoms with Crippen LogP contribution in [0.15, 0.2) is 12.1 Å². The number of thioether (sulfide) groups is 1. The van der Waals surface area contributed by atoms with Crippen LogP contribution in [0.4, 0.5) is 5.82 Å². The quantitative estimate of drug-likeness (QED) is 0.511. The van der Waals surface area contributed by atoms with E-state index >= 15 is 0 Å². The number of unbranched alkanes of at least 4 members (excludes halogenated alkanes) is 1. The van der Waals surface area contributed by atoms with E-state index in [1.54, 1.807) is 11.0 Å². The monoisotopic (exact) mass is 380 g/mol. The first kappa shape index (κ1) is 19.5. The number of nitrogens with zero attached hydrogens (tertiary/aromatic N) is 2. The van der Waals surface area contributed by atoms with Crippen molar-refractivity contribution in [2.75, 3.05) is 23.8 Å². The van der Waals surface area contributed by atoms with Crippen molar-refractivity contribution in [3.05, 3.63) is 22.3 Å². The fraction of sp³-hybridized carbons (Fsp3) is 0.500. The number of rotatable bonds is 7. The van der Waals surface area contributed by atoms with Gasteiger partial charge in [0, 0.05) is 11.6 Å². The van der Waals surface area contributed by atoms with Gasteiger partial charge < -0.3 is 4.74 Å². The van der Waals surface area contributed by atoms with Crippen molar-refractivity contribution in [2.24, 2.45) is 0 Å². The molecule has 1 heterocycles. The Balaban J connectivity index is 2.82. The Bertz CT molecular complexity index is 509. The number of thiocarbonyl (C=S) groups is 1. The van der Waals surface area contributed by atoms with Gasteiger partial charge in [-0.25, -0.2) is 4.98 Å². The van der Waals surface area contributed by atoms with E-state index in [0.717, 1.165) is 12.8 Å². The van der Waals surface area contributed by atoms with Gasteiger partial charge in [-0.2, -0.15) is 0 Å². The maximum absolute atomic E-state index is 12.4. The van der Waals surface area contributed by atoms with E-state index < -0.39 is 0 Å². The van der Waals surface area contributed by atoms with Gasteiger partial charge in [0.15, 0.2) is 0 Å². The van der Waals surface area contributed by atoms with E-state index in [0.29, 0.717) is 28.4 Å². The van der Waals surface area contributed by atoms with Gasteiger partial charge in [-0.1, -0.05) is 48.3 Å². The highest BCUT2D eigenvalue weighted by atomic mass is 35.5. The van der Waals surface area contributed by atoms with Crippen molar-refractivity contribution in [2.45, 2.75) is 26.7 Å². The van der Waals surface area contributed by atoms with Gasteiger partial charge in [0.2, 0.25) is 10.3 Å². The van der Waals surface area contributed by atoms with Crippen molar-refractivity contribution >= 4 is 63.3 Å². The first-order chi connectivity index (χ1) is 10.5. The molecule has 0 N–H and O–H groups in total. The number of carbonyl (C=O) groups is 1. The molecule has 1 rings (SSSR count). The minimum atomic E-state index is -0.105. The molecule has 1 aromatic heterocycles. The second kappa shape index (κ2) is 10.3. The first-order valence-electron chi connectivity index (χ1n) is 6.90. The predicted octanol–water partition coefficient (Wildman–Crippen LogP) is 4.58. The lowest BCUT2D eigenvalue weighted by Gasteiger charge is -2.22. The van der Waals surface area contributed by atoms with Crippen LogP contribution in [0.2, 0.25) is 10.2 Å². The highest BCUT2D eigenvalue weighted by Crippen LogP contribution is 2.23. The molecule has 4 nitrogen and oxygen atoms in total. The molecule has 1 amide bonds. The number of hydrogen-bond donors (Lipinski definition) is 0. The average Bonchev–Trinajstić information content (AvgIpc) is 2.45. The maximum atomic E-state index is 12.4. The molecule has 0 saturated heterocycles. The molecule has 0 aliphatic rings. The fourth-order valence-electron chi connectivity index (χ4n) is 1.63. The number of hydrogen-bond acceptors (Lipinski definition) is 5. The summed E-state index contributed by atoms with van der Waals surface area (Å²) in [6, 6.07) is 3.17. The molecule has 0 bridgehead atoms. The second-order valence-electron chi connectivity index (χ2n) is 4.34. The summed E-state index contributed by atoms with van der Waals surface area (Å²) in [7, 11) is 0. The molecular formula is C14H18Cl2N2O2S2. The van der Waals surface area contributed by atoms with Gasteiger partial charge >= 0.3 is 0 Å². The minimum absolute atomic E-state index is 0.105. The number of anilines is 1. The molecule has 0 saturated carbocycles. The van der Waals surface area contributed by atoms with E-state index in [2.05, 4.69) is 11.9 Å². The third-order valence-corrected chi connectivity index (χ3v) is 4.26. The first-order valence-corrected chi connectivity index (χ1v) is 9.05. The van der Waals surface area contributed by atoms with E-state index in [1.807, 2.05) is 6.92 Å². The molecular weight excluding hydrogens is 363 g/mol. The standard InChI is InChI=1S/C14H18Cl2N2O2S2/c1-3-5-6-18(12-8-10(15)7-11(16)17-12)13(19)9-22-14(21)20-4-2/h7-8H,3-6,9H2,1-2H3. The topological polar surface area (TPSA) is 42.4 Å². The van der Waals surface area contributed by atoms with Crippen molar-refractivity contribution in [3.63, 3.8) is 0 Å². The molecule has 22 heavy (non-hydrogen) atoms. The molecule has 0 aliphatic heterocycles. The predicted molar refractivity (Wildman–Crippen MR) is 98.2 cm³/mol. The van der Waals surface area contributed by atoms with E-state index in [1.165, 1.54) is 17.8 Å². The van der Waals surface area contributed by atoms with Crippen LogP contribution in [0, 0.1) is 0 Å². The summed E-state index contributed by atoms with van der Waals surface area (Å²) in [5.74, 6) is 0.541. The highest BCUT2D eigenvalue weighted by Gasteiger charge is 2.18. The minimum Gasteiger partial charge on any atom is -0.479 e.